The average molecular weight is 545 g/mol. The average Bonchev–Trinajstić information content (AvgIpc) is 2.81. The topological polar surface area (TPSA) is 96.0 Å². The van der Waals surface area contributed by atoms with Crippen molar-refractivity contribution in [3.63, 3.8) is 0 Å². The maximum absolute atomic E-state index is 13.6. The number of para-hydroxylation sites is 2. The van der Waals surface area contributed by atoms with Crippen molar-refractivity contribution in [1.29, 1.82) is 0 Å². The van der Waals surface area contributed by atoms with Gasteiger partial charge in [0, 0.05) is 12.6 Å². The summed E-state index contributed by atoms with van der Waals surface area (Å²) in [5.74, 6) is -0.625. The molecule has 0 saturated carbocycles. The Labute approximate surface area is 217 Å². The lowest BCUT2D eigenvalue weighted by molar-refractivity contribution is -0.139. The van der Waals surface area contributed by atoms with E-state index >= 15 is 0 Å². The Hall–Kier alpha value is -2.49. The van der Waals surface area contributed by atoms with E-state index < -0.39 is 28.5 Å². The first-order valence-electron chi connectivity index (χ1n) is 11.0. The predicted octanol–water partition coefficient (Wildman–Crippen LogP) is 4.10. The van der Waals surface area contributed by atoms with E-state index in [2.05, 4.69) is 5.32 Å². The summed E-state index contributed by atoms with van der Waals surface area (Å²) >= 11 is 12.2. The van der Waals surface area contributed by atoms with Gasteiger partial charge in [-0.3, -0.25) is 13.9 Å². The summed E-state index contributed by atoms with van der Waals surface area (Å²) in [6.45, 7) is 4.89. The van der Waals surface area contributed by atoms with Crippen LogP contribution in [-0.2, 0) is 26.2 Å². The molecule has 0 aromatic heterocycles. The number of nitrogens with one attached hydrogen (secondary N) is 1. The molecular weight excluding hydrogens is 513 g/mol. The van der Waals surface area contributed by atoms with Crippen LogP contribution in [0.4, 0.5) is 5.69 Å². The van der Waals surface area contributed by atoms with Crippen LogP contribution in [0.2, 0.25) is 10.0 Å². The number of halogens is 2. The van der Waals surface area contributed by atoms with Crippen LogP contribution in [0.25, 0.3) is 0 Å². The molecule has 0 bridgehead atoms. The van der Waals surface area contributed by atoms with Crippen LogP contribution in [0, 0.1) is 0 Å². The van der Waals surface area contributed by atoms with Crippen LogP contribution in [0.1, 0.15) is 32.8 Å². The number of rotatable bonds is 11. The fraction of sp³-hybridized carbons (Fsp3) is 0.417. The smallest absolute Gasteiger partial charge is 0.244 e. The maximum atomic E-state index is 13.6. The van der Waals surface area contributed by atoms with Gasteiger partial charge in [-0.05, 0) is 50.1 Å². The van der Waals surface area contributed by atoms with Gasteiger partial charge in [0.15, 0.2) is 0 Å². The summed E-state index contributed by atoms with van der Waals surface area (Å²) in [4.78, 5) is 27.8. The molecule has 0 aliphatic carbocycles. The fourth-order valence-corrected chi connectivity index (χ4v) is 4.49. The van der Waals surface area contributed by atoms with E-state index in [1.807, 2.05) is 13.8 Å². The third-order valence-electron chi connectivity index (χ3n) is 5.54. The minimum Gasteiger partial charge on any atom is -0.495 e. The van der Waals surface area contributed by atoms with Crippen LogP contribution in [0.3, 0.4) is 0 Å². The second-order valence-corrected chi connectivity index (χ2v) is 10.9. The molecule has 2 amide bonds. The molecule has 2 rings (SSSR count). The Morgan fingerprint density at radius 3 is 2.31 bits per heavy atom. The first-order valence-corrected chi connectivity index (χ1v) is 13.6. The number of carbonyl (C=O) groups is 2. The van der Waals surface area contributed by atoms with Crippen molar-refractivity contribution in [3.05, 3.63) is 58.1 Å². The SMILES string of the molecule is CC[C@@H](C)NC(=O)[C@H](C)N(Cc1ccc(Cl)c(Cl)c1)C(=O)CN(c1ccccc1OC)S(C)(=O)=O. The summed E-state index contributed by atoms with van der Waals surface area (Å²) in [5, 5.41) is 3.53. The minimum atomic E-state index is -3.87. The molecule has 0 unspecified atom stereocenters. The number of sulfonamides is 1. The highest BCUT2D eigenvalue weighted by Gasteiger charge is 2.31. The molecule has 0 fully saturated rings. The van der Waals surface area contributed by atoms with Crippen LogP contribution in [0.15, 0.2) is 42.5 Å². The third kappa shape index (κ3) is 7.75. The van der Waals surface area contributed by atoms with E-state index in [0.29, 0.717) is 21.4 Å². The molecule has 2 aromatic rings. The summed E-state index contributed by atoms with van der Waals surface area (Å²) < 4.78 is 31.6. The summed E-state index contributed by atoms with van der Waals surface area (Å²) in [5.41, 5.74) is 0.858. The standard InChI is InChI=1S/C24H31Cl2N3O5S/c1-6-16(2)27-24(31)17(3)28(14-18-11-12-19(25)20(26)13-18)23(30)15-29(35(5,32)33)21-9-7-8-10-22(21)34-4/h7-13,16-17H,6,14-15H2,1-5H3,(H,27,31)/t16-,17+/m1/s1. The molecule has 8 nitrogen and oxygen atoms in total. The van der Waals surface area contributed by atoms with Gasteiger partial charge in [0.1, 0.15) is 18.3 Å². The quantitative estimate of drug-likeness (QED) is 0.460. The maximum Gasteiger partial charge on any atom is 0.244 e. The van der Waals surface area contributed by atoms with Crippen molar-refractivity contribution in [2.75, 3.05) is 24.2 Å². The lowest BCUT2D eigenvalue weighted by Gasteiger charge is -2.32. The van der Waals surface area contributed by atoms with E-state index in [-0.39, 0.29) is 24.2 Å². The Morgan fingerprint density at radius 1 is 1.09 bits per heavy atom. The fourth-order valence-electron chi connectivity index (χ4n) is 3.31. The van der Waals surface area contributed by atoms with Gasteiger partial charge >= 0.3 is 0 Å². The van der Waals surface area contributed by atoms with Gasteiger partial charge in [0.2, 0.25) is 21.8 Å². The van der Waals surface area contributed by atoms with E-state index in [9.17, 15) is 18.0 Å². The van der Waals surface area contributed by atoms with Crippen molar-refractivity contribution < 1.29 is 22.7 Å². The van der Waals surface area contributed by atoms with E-state index in [0.717, 1.165) is 17.0 Å². The zero-order chi connectivity index (χ0) is 26.3. The highest BCUT2D eigenvalue weighted by molar-refractivity contribution is 7.92. The molecule has 0 spiro atoms. The normalized spacial score (nSPS) is 13.0. The molecule has 0 aliphatic rings. The zero-order valence-corrected chi connectivity index (χ0v) is 22.7. The van der Waals surface area contributed by atoms with Gasteiger partial charge in [0.25, 0.3) is 0 Å². The molecule has 2 aromatic carbocycles. The van der Waals surface area contributed by atoms with Crippen molar-refractivity contribution in [2.45, 2.75) is 45.8 Å². The highest BCUT2D eigenvalue weighted by Crippen LogP contribution is 2.30. The third-order valence-corrected chi connectivity index (χ3v) is 7.40. The second kappa shape index (κ2) is 12.5. The Bertz CT molecular complexity index is 1160. The summed E-state index contributed by atoms with van der Waals surface area (Å²) in [6.07, 6.45) is 1.73. The number of methoxy groups -OCH3 is 1. The van der Waals surface area contributed by atoms with Crippen molar-refractivity contribution in [3.8, 4) is 5.75 Å². The van der Waals surface area contributed by atoms with Crippen molar-refractivity contribution in [1.82, 2.24) is 10.2 Å². The molecule has 0 saturated heterocycles. The number of hydrogen-bond donors (Lipinski definition) is 1. The number of amides is 2. The van der Waals surface area contributed by atoms with Crippen molar-refractivity contribution >= 4 is 50.7 Å². The number of ether oxygens (including phenoxy) is 1. The van der Waals surface area contributed by atoms with Gasteiger partial charge < -0.3 is 15.0 Å². The molecule has 1 N–H and O–H groups in total. The monoisotopic (exact) mass is 543 g/mol. The molecule has 0 radical (unpaired) electrons. The first-order chi connectivity index (χ1) is 16.4. The van der Waals surface area contributed by atoms with Gasteiger partial charge in [-0.25, -0.2) is 8.42 Å². The van der Waals surface area contributed by atoms with Crippen LogP contribution < -0.4 is 14.4 Å². The molecule has 2 atom stereocenters. The van der Waals surface area contributed by atoms with E-state index in [1.165, 1.54) is 12.0 Å². The summed E-state index contributed by atoms with van der Waals surface area (Å²) in [6, 6.07) is 10.4. The molecule has 0 heterocycles. The number of nitrogens with zero attached hydrogens (tertiary/aromatic N) is 2. The Kier molecular flexibility index (Phi) is 10.2. The Morgan fingerprint density at radius 2 is 1.74 bits per heavy atom. The van der Waals surface area contributed by atoms with Crippen molar-refractivity contribution in [2.24, 2.45) is 0 Å². The molecule has 11 heteroatoms. The minimum absolute atomic E-state index is 0.0222. The Balaban J connectivity index is 2.45. The number of anilines is 1. The first kappa shape index (κ1) is 28.7. The van der Waals surface area contributed by atoms with E-state index in [4.69, 9.17) is 27.9 Å². The lowest BCUT2D eigenvalue weighted by Crippen LogP contribution is -2.52. The van der Waals surface area contributed by atoms with E-state index in [1.54, 1.807) is 49.4 Å². The molecule has 0 aliphatic heterocycles. The summed E-state index contributed by atoms with van der Waals surface area (Å²) in [7, 11) is -2.45. The van der Waals surface area contributed by atoms with Gasteiger partial charge in [-0.15, -0.1) is 0 Å². The number of benzene rings is 2. The van der Waals surface area contributed by atoms with Crippen LogP contribution in [-0.4, -0.2) is 57.1 Å². The second-order valence-electron chi connectivity index (χ2n) is 8.21. The molecular formula is C24H31Cl2N3O5S. The molecule has 35 heavy (non-hydrogen) atoms. The van der Waals surface area contributed by atoms with Crippen LogP contribution >= 0.6 is 23.2 Å². The number of hydrogen-bond acceptors (Lipinski definition) is 5. The zero-order valence-electron chi connectivity index (χ0n) is 20.4. The van der Waals surface area contributed by atoms with Gasteiger partial charge in [-0.1, -0.05) is 48.3 Å². The highest BCUT2D eigenvalue weighted by atomic mass is 35.5. The van der Waals surface area contributed by atoms with Gasteiger partial charge in [-0.2, -0.15) is 0 Å². The van der Waals surface area contributed by atoms with Gasteiger partial charge in [0.05, 0.1) is 29.1 Å². The number of carbonyl (C=O) groups excluding carboxylic acids is 2. The molecule has 192 valence electrons. The predicted molar refractivity (Wildman–Crippen MR) is 140 cm³/mol. The lowest BCUT2D eigenvalue weighted by atomic mass is 10.1. The largest absolute Gasteiger partial charge is 0.495 e. The van der Waals surface area contributed by atoms with Crippen LogP contribution in [0.5, 0.6) is 5.75 Å².